The van der Waals surface area contributed by atoms with Crippen LogP contribution in [0.4, 0.5) is 5.82 Å². The molecule has 0 saturated carbocycles. The first kappa shape index (κ1) is 9.80. The second kappa shape index (κ2) is 3.57. The van der Waals surface area contributed by atoms with Crippen molar-refractivity contribution in [3.05, 3.63) is 22.2 Å². The highest BCUT2D eigenvalue weighted by Crippen LogP contribution is 2.26. The molecule has 1 atom stereocenters. The summed E-state index contributed by atoms with van der Waals surface area (Å²) in [5.74, 6) is 1.01. The summed E-state index contributed by atoms with van der Waals surface area (Å²) in [5, 5.41) is 0. The maximum Gasteiger partial charge on any atom is 0.253 e. The van der Waals surface area contributed by atoms with E-state index in [1.54, 1.807) is 0 Å². The van der Waals surface area contributed by atoms with Crippen LogP contribution in [0, 0.1) is 0 Å². The lowest BCUT2D eigenvalue weighted by atomic mass is 10.1. The molecule has 0 amide bonds. The van der Waals surface area contributed by atoms with Crippen LogP contribution in [-0.4, -0.2) is 52.5 Å². The largest absolute Gasteiger partial charge is 0.383 e. The third-order valence-corrected chi connectivity index (χ3v) is 3.37. The van der Waals surface area contributed by atoms with E-state index in [0.717, 1.165) is 32.7 Å². The van der Waals surface area contributed by atoms with E-state index in [9.17, 15) is 4.79 Å². The van der Waals surface area contributed by atoms with E-state index >= 15 is 0 Å². The van der Waals surface area contributed by atoms with Crippen LogP contribution in [0.15, 0.2) is 10.9 Å². The van der Waals surface area contributed by atoms with Crippen LogP contribution < -0.4 is 11.3 Å². The molecular formula is C10H15N5O. The molecule has 1 aromatic heterocycles. The number of nitrogens with zero attached hydrogens (tertiary/aromatic N) is 3. The van der Waals surface area contributed by atoms with Gasteiger partial charge in [-0.05, 0) is 0 Å². The molecule has 0 aliphatic carbocycles. The van der Waals surface area contributed by atoms with Crippen molar-refractivity contribution in [3.8, 4) is 0 Å². The minimum absolute atomic E-state index is 0.167. The van der Waals surface area contributed by atoms with Gasteiger partial charge in [-0.3, -0.25) is 14.6 Å². The summed E-state index contributed by atoms with van der Waals surface area (Å²) < 4.78 is 0. The summed E-state index contributed by atoms with van der Waals surface area (Å²) in [4.78, 5) is 23.1. The molecule has 3 aliphatic heterocycles. The highest BCUT2D eigenvalue weighted by Gasteiger charge is 2.34. The average molecular weight is 221 g/mol. The molecule has 3 saturated heterocycles. The lowest BCUT2D eigenvalue weighted by molar-refractivity contribution is 0.00862. The van der Waals surface area contributed by atoms with E-state index in [0.29, 0.717) is 11.6 Å². The number of nitrogen functional groups attached to an aromatic ring is 1. The predicted molar refractivity (Wildman–Crippen MR) is 60.0 cm³/mol. The second-order valence-corrected chi connectivity index (χ2v) is 4.41. The number of fused-ring (bicyclic) bond motifs is 3. The normalized spacial score (nSPS) is 32.9. The number of nitrogens with two attached hydrogens (primary N) is 1. The van der Waals surface area contributed by atoms with Gasteiger partial charge in [0.2, 0.25) is 0 Å². The van der Waals surface area contributed by atoms with Crippen LogP contribution in [0.3, 0.4) is 0 Å². The average Bonchev–Trinajstić information content (AvgIpc) is 2.29. The van der Waals surface area contributed by atoms with Crippen molar-refractivity contribution in [2.24, 2.45) is 0 Å². The number of H-pyrrole nitrogens is 1. The number of rotatable bonds is 1. The molecule has 16 heavy (non-hydrogen) atoms. The zero-order valence-electron chi connectivity index (χ0n) is 9.02. The fraction of sp³-hybridized carbons (Fsp3) is 0.600. The summed E-state index contributed by atoms with van der Waals surface area (Å²) in [6, 6.07) is 1.51. The lowest BCUT2D eigenvalue weighted by Crippen LogP contribution is -2.57. The summed E-state index contributed by atoms with van der Waals surface area (Å²) in [7, 11) is 0. The molecule has 1 unspecified atom stereocenters. The van der Waals surface area contributed by atoms with E-state index in [2.05, 4.69) is 19.8 Å². The van der Waals surface area contributed by atoms with Gasteiger partial charge in [0.1, 0.15) is 11.6 Å². The van der Waals surface area contributed by atoms with Gasteiger partial charge >= 0.3 is 0 Å². The van der Waals surface area contributed by atoms with Gasteiger partial charge in [0.15, 0.2) is 0 Å². The summed E-state index contributed by atoms with van der Waals surface area (Å²) in [6.07, 6.45) is 0. The van der Waals surface area contributed by atoms with E-state index in [1.807, 2.05) is 0 Å². The van der Waals surface area contributed by atoms with Crippen molar-refractivity contribution in [1.29, 1.82) is 0 Å². The monoisotopic (exact) mass is 221 g/mol. The van der Waals surface area contributed by atoms with E-state index in [4.69, 9.17) is 5.73 Å². The van der Waals surface area contributed by atoms with Gasteiger partial charge in [0.05, 0.1) is 6.04 Å². The van der Waals surface area contributed by atoms with E-state index in [1.165, 1.54) is 6.07 Å². The van der Waals surface area contributed by atoms with Gasteiger partial charge in [-0.1, -0.05) is 0 Å². The molecule has 1 aromatic rings. The van der Waals surface area contributed by atoms with Crippen molar-refractivity contribution in [2.75, 3.05) is 38.5 Å². The van der Waals surface area contributed by atoms with Crippen LogP contribution in [0.25, 0.3) is 0 Å². The van der Waals surface area contributed by atoms with Crippen LogP contribution in [-0.2, 0) is 0 Å². The molecular weight excluding hydrogens is 206 g/mol. The third kappa shape index (κ3) is 1.60. The number of piperazine rings is 3. The van der Waals surface area contributed by atoms with Gasteiger partial charge < -0.3 is 10.7 Å². The Morgan fingerprint density at radius 2 is 2.12 bits per heavy atom. The zero-order chi connectivity index (χ0) is 11.1. The molecule has 4 heterocycles. The Bertz CT molecular complexity index is 449. The number of hydrogen-bond donors (Lipinski definition) is 2. The molecule has 3 aliphatic rings. The minimum Gasteiger partial charge on any atom is -0.383 e. The lowest BCUT2D eigenvalue weighted by Gasteiger charge is -2.46. The highest BCUT2D eigenvalue weighted by molar-refractivity contribution is 5.26. The van der Waals surface area contributed by atoms with E-state index in [-0.39, 0.29) is 11.6 Å². The zero-order valence-corrected chi connectivity index (χ0v) is 9.02. The number of nitrogens with one attached hydrogen (secondary N) is 1. The topological polar surface area (TPSA) is 78.2 Å². The molecule has 2 bridgehead atoms. The summed E-state index contributed by atoms with van der Waals surface area (Å²) in [5.41, 5.74) is 5.43. The van der Waals surface area contributed by atoms with Crippen LogP contribution in [0.5, 0.6) is 0 Å². The molecule has 4 rings (SSSR count). The molecule has 0 aromatic carbocycles. The van der Waals surface area contributed by atoms with Crippen LogP contribution >= 0.6 is 0 Å². The van der Waals surface area contributed by atoms with Gasteiger partial charge in [0, 0.05) is 38.8 Å². The van der Waals surface area contributed by atoms with Crippen molar-refractivity contribution < 1.29 is 0 Å². The molecule has 3 fully saturated rings. The molecule has 6 nitrogen and oxygen atoms in total. The van der Waals surface area contributed by atoms with Gasteiger partial charge in [0.25, 0.3) is 5.56 Å². The number of aromatic nitrogens is 2. The molecule has 86 valence electrons. The van der Waals surface area contributed by atoms with Crippen molar-refractivity contribution >= 4 is 5.82 Å². The predicted octanol–water partition coefficient (Wildman–Crippen LogP) is -0.976. The fourth-order valence-electron chi connectivity index (χ4n) is 2.53. The third-order valence-electron chi connectivity index (χ3n) is 3.37. The Balaban J connectivity index is 1.94. The Morgan fingerprint density at radius 3 is 2.69 bits per heavy atom. The Labute approximate surface area is 93.1 Å². The first-order chi connectivity index (χ1) is 7.72. The van der Waals surface area contributed by atoms with Crippen molar-refractivity contribution in [3.63, 3.8) is 0 Å². The van der Waals surface area contributed by atoms with Gasteiger partial charge in [-0.25, -0.2) is 4.98 Å². The Morgan fingerprint density at radius 1 is 1.38 bits per heavy atom. The number of aromatic amines is 1. The van der Waals surface area contributed by atoms with E-state index < -0.39 is 0 Å². The van der Waals surface area contributed by atoms with Crippen molar-refractivity contribution in [1.82, 2.24) is 19.8 Å². The first-order valence-electron chi connectivity index (χ1n) is 5.55. The molecule has 6 heteroatoms. The molecule has 0 radical (unpaired) electrons. The smallest absolute Gasteiger partial charge is 0.253 e. The van der Waals surface area contributed by atoms with Crippen LogP contribution in [0.2, 0.25) is 0 Å². The van der Waals surface area contributed by atoms with Crippen molar-refractivity contribution in [2.45, 2.75) is 6.04 Å². The SMILES string of the molecule is Nc1cc(=O)[nH]c(C2CN3CCN2CC3)n1. The quantitative estimate of drug-likeness (QED) is 0.637. The van der Waals surface area contributed by atoms with Gasteiger partial charge in [-0.15, -0.1) is 0 Å². The summed E-state index contributed by atoms with van der Waals surface area (Å²) in [6.45, 7) is 5.25. The minimum atomic E-state index is -0.167. The Kier molecular flexibility index (Phi) is 2.19. The Hall–Kier alpha value is -1.40. The maximum absolute atomic E-state index is 11.4. The molecule has 0 spiro atoms. The second-order valence-electron chi connectivity index (χ2n) is 4.41. The first-order valence-corrected chi connectivity index (χ1v) is 5.55. The highest BCUT2D eigenvalue weighted by atomic mass is 16.1. The maximum atomic E-state index is 11.4. The van der Waals surface area contributed by atoms with Crippen LogP contribution in [0.1, 0.15) is 11.9 Å². The van der Waals surface area contributed by atoms with Gasteiger partial charge in [-0.2, -0.15) is 0 Å². The summed E-state index contributed by atoms with van der Waals surface area (Å²) >= 11 is 0. The standard InChI is InChI=1S/C10H15N5O/c11-8-5-9(16)13-10(12-8)7-6-14-1-3-15(7)4-2-14/h5,7H,1-4,6H2,(H3,11,12,13,16). The number of hydrogen-bond acceptors (Lipinski definition) is 5. The molecule has 3 N–H and O–H groups in total. The number of anilines is 1. The fourth-order valence-corrected chi connectivity index (χ4v) is 2.53.